The van der Waals surface area contributed by atoms with Gasteiger partial charge in [0.1, 0.15) is 0 Å². The molecular formula is C64H63ClN2S. The van der Waals surface area contributed by atoms with E-state index in [4.69, 9.17) is 11.6 Å². The smallest absolute Gasteiger partial charge is 0.0887 e. The van der Waals surface area contributed by atoms with Gasteiger partial charge in [0.25, 0.3) is 0 Å². The summed E-state index contributed by atoms with van der Waals surface area (Å²) in [6, 6.07) is 59.3. The van der Waals surface area contributed by atoms with Crippen LogP contribution in [0.2, 0.25) is 5.02 Å². The molecule has 0 saturated heterocycles. The number of halogens is 1. The first-order valence-corrected chi connectivity index (χ1v) is 25.4. The Morgan fingerprint density at radius 1 is 0.368 bits per heavy atom. The van der Waals surface area contributed by atoms with Crippen molar-refractivity contribution in [1.29, 1.82) is 0 Å². The van der Waals surface area contributed by atoms with Crippen LogP contribution >= 0.6 is 22.9 Å². The number of nitrogens with zero attached hydrogens (tertiary/aromatic N) is 2. The van der Waals surface area contributed by atoms with Gasteiger partial charge >= 0.3 is 0 Å². The summed E-state index contributed by atoms with van der Waals surface area (Å²) in [5, 5.41) is 11.8. The summed E-state index contributed by atoms with van der Waals surface area (Å²) >= 11 is 9.93. The van der Waals surface area contributed by atoms with Crippen molar-refractivity contribution in [2.75, 3.05) is 9.80 Å². The highest BCUT2D eigenvalue weighted by molar-refractivity contribution is 7.17. The number of benzene rings is 9. The molecule has 0 aliphatic carbocycles. The van der Waals surface area contributed by atoms with Crippen LogP contribution in [0, 0.1) is 0 Å². The van der Waals surface area contributed by atoms with E-state index in [1.807, 2.05) is 0 Å². The summed E-state index contributed by atoms with van der Waals surface area (Å²) in [5.74, 6) is 0. The van der Waals surface area contributed by atoms with Gasteiger partial charge in [-0.3, -0.25) is 0 Å². The number of rotatable bonds is 7. The lowest BCUT2D eigenvalue weighted by Crippen LogP contribution is -2.17. The van der Waals surface area contributed by atoms with Crippen molar-refractivity contribution in [3.63, 3.8) is 0 Å². The minimum atomic E-state index is -0.0903. The van der Waals surface area contributed by atoms with Crippen molar-refractivity contribution in [3.8, 4) is 11.1 Å². The summed E-state index contributed by atoms with van der Waals surface area (Å²) in [6.45, 7) is 27.4. The molecule has 1 aromatic heterocycles. The zero-order chi connectivity index (χ0) is 48.1. The molecule has 2 nitrogen and oxygen atoms in total. The van der Waals surface area contributed by atoms with E-state index in [0.717, 1.165) is 39.7 Å². The molecule has 0 fully saturated rings. The van der Waals surface area contributed by atoms with Gasteiger partial charge in [-0.05, 0) is 142 Å². The highest BCUT2D eigenvalue weighted by Crippen LogP contribution is 2.52. The Balaban J connectivity index is 1.25. The van der Waals surface area contributed by atoms with Crippen LogP contribution in [0.4, 0.5) is 34.1 Å². The van der Waals surface area contributed by atoms with E-state index in [2.05, 4.69) is 256 Å². The third kappa shape index (κ3) is 8.12. The SMILES string of the molecule is CC(C)(C)c1ccc(N(c2ccc(C(C)(C)C)cc2-c2ccc3ccc4cccc5ccc2c3c45)c2cccc(N(c3ccc(C(C)(C)C)cc3)c3csc4ccc(C(C)(C)C)cc34)c2Cl)cc1. The molecule has 0 bridgehead atoms. The summed E-state index contributed by atoms with van der Waals surface area (Å²) in [5.41, 5.74) is 13.5. The second-order valence-electron chi connectivity index (χ2n) is 22.9. The molecule has 9 aromatic carbocycles. The maximum atomic E-state index is 8.15. The molecule has 68 heavy (non-hydrogen) atoms. The quantitative estimate of drug-likeness (QED) is 0.147. The Hall–Kier alpha value is -6.13. The van der Waals surface area contributed by atoms with Gasteiger partial charge in [-0.2, -0.15) is 0 Å². The molecule has 0 N–H and O–H groups in total. The van der Waals surface area contributed by atoms with Crippen molar-refractivity contribution < 1.29 is 0 Å². The molecule has 0 saturated carbocycles. The topological polar surface area (TPSA) is 6.48 Å². The van der Waals surface area contributed by atoms with Gasteiger partial charge in [-0.25, -0.2) is 0 Å². The van der Waals surface area contributed by atoms with E-state index in [0.29, 0.717) is 5.02 Å². The van der Waals surface area contributed by atoms with E-state index in [-0.39, 0.29) is 21.7 Å². The fourth-order valence-electron chi connectivity index (χ4n) is 9.93. The number of anilines is 6. The Bertz CT molecular complexity index is 3480. The largest absolute Gasteiger partial charge is 0.308 e. The molecule has 0 spiro atoms. The molecule has 1 heterocycles. The fourth-order valence-corrected chi connectivity index (χ4v) is 11.1. The molecule has 0 unspecified atom stereocenters. The minimum absolute atomic E-state index is 0.00952. The van der Waals surface area contributed by atoms with Crippen LogP contribution in [0.1, 0.15) is 105 Å². The first-order chi connectivity index (χ1) is 32.2. The van der Waals surface area contributed by atoms with Crippen LogP contribution < -0.4 is 9.80 Å². The highest BCUT2D eigenvalue weighted by Gasteiger charge is 2.29. The van der Waals surface area contributed by atoms with E-state index in [1.165, 1.54) is 70.2 Å². The van der Waals surface area contributed by atoms with Crippen LogP contribution in [0.5, 0.6) is 0 Å². The number of fused-ring (bicyclic) bond motifs is 1. The molecule has 10 aromatic rings. The average Bonchev–Trinajstić information content (AvgIpc) is 3.71. The van der Waals surface area contributed by atoms with Crippen molar-refractivity contribution in [3.05, 3.63) is 190 Å². The van der Waals surface area contributed by atoms with Gasteiger partial charge in [0.15, 0.2) is 0 Å². The van der Waals surface area contributed by atoms with E-state index < -0.39 is 0 Å². The second kappa shape index (κ2) is 16.5. The molecule has 4 heteroatoms. The van der Waals surface area contributed by atoms with Crippen molar-refractivity contribution in [2.45, 2.75) is 105 Å². The van der Waals surface area contributed by atoms with Crippen LogP contribution in [0.3, 0.4) is 0 Å². The monoisotopic (exact) mass is 926 g/mol. The Morgan fingerprint density at radius 3 is 1.38 bits per heavy atom. The van der Waals surface area contributed by atoms with Gasteiger partial charge in [0.2, 0.25) is 0 Å². The zero-order valence-corrected chi connectivity index (χ0v) is 43.3. The fraction of sp³-hybridized carbons (Fsp3) is 0.250. The summed E-state index contributed by atoms with van der Waals surface area (Å²) in [4.78, 5) is 4.79. The van der Waals surface area contributed by atoms with Gasteiger partial charge in [-0.1, -0.05) is 192 Å². The molecule has 0 radical (unpaired) electrons. The maximum absolute atomic E-state index is 8.15. The molecular weight excluding hydrogens is 864 g/mol. The maximum Gasteiger partial charge on any atom is 0.0887 e. The number of hydrogen-bond acceptors (Lipinski definition) is 3. The lowest BCUT2D eigenvalue weighted by atomic mass is 9.83. The highest BCUT2D eigenvalue weighted by atomic mass is 35.5. The second-order valence-corrected chi connectivity index (χ2v) is 24.2. The predicted molar refractivity (Wildman–Crippen MR) is 300 cm³/mol. The van der Waals surface area contributed by atoms with Crippen LogP contribution in [0.15, 0.2) is 163 Å². The third-order valence-electron chi connectivity index (χ3n) is 14.0. The molecule has 0 atom stereocenters. The number of hydrogen-bond donors (Lipinski definition) is 0. The average molecular weight is 928 g/mol. The first-order valence-electron chi connectivity index (χ1n) is 24.1. The Labute approximate surface area is 413 Å². The summed E-state index contributed by atoms with van der Waals surface area (Å²) < 4.78 is 1.24. The standard InChI is InChI=1S/C64H63ClN2S/c1-61(2,3)43-23-29-47(30-24-43)66(53-35-27-45(63(7,8)9)37-51(53)49-33-21-42-20-19-40-15-13-16-41-22-34-50(49)59(42)58(40)41)54-17-14-18-55(60(54)65)67(48-31-25-44(26-32-48)62(4,5)6)56-39-68-57-36-28-46(38-52(56)57)64(10,11)12/h13-39H,1-12H3. The van der Waals surface area contributed by atoms with Crippen LogP contribution in [-0.4, -0.2) is 0 Å². The van der Waals surface area contributed by atoms with Crippen molar-refractivity contribution in [1.82, 2.24) is 0 Å². The summed E-state index contributed by atoms with van der Waals surface area (Å²) in [7, 11) is 0. The molecule has 0 aliphatic rings. The van der Waals surface area contributed by atoms with E-state index in [1.54, 1.807) is 11.3 Å². The van der Waals surface area contributed by atoms with E-state index in [9.17, 15) is 0 Å². The van der Waals surface area contributed by atoms with Crippen LogP contribution in [-0.2, 0) is 21.7 Å². The van der Waals surface area contributed by atoms with Gasteiger partial charge < -0.3 is 9.80 Å². The lowest BCUT2D eigenvalue weighted by molar-refractivity contribution is 0.590. The normalized spacial score (nSPS) is 12.8. The Morgan fingerprint density at radius 2 is 0.824 bits per heavy atom. The third-order valence-corrected chi connectivity index (χ3v) is 15.3. The van der Waals surface area contributed by atoms with E-state index >= 15 is 0 Å². The van der Waals surface area contributed by atoms with Crippen LogP contribution in [0.25, 0.3) is 53.5 Å². The van der Waals surface area contributed by atoms with Gasteiger partial charge in [0, 0.05) is 32.4 Å². The minimum Gasteiger partial charge on any atom is -0.308 e. The molecule has 10 rings (SSSR count). The lowest BCUT2D eigenvalue weighted by Gasteiger charge is -2.33. The zero-order valence-electron chi connectivity index (χ0n) is 41.8. The van der Waals surface area contributed by atoms with Crippen molar-refractivity contribution >= 4 is 99.5 Å². The Kier molecular flexibility index (Phi) is 11.1. The van der Waals surface area contributed by atoms with Crippen molar-refractivity contribution in [2.24, 2.45) is 0 Å². The van der Waals surface area contributed by atoms with Gasteiger partial charge in [0.05, 0.1) is 27.8 Å². The molecule has 0 amide bonds. The first kappa shape index (κ1) is 45.6. The number of thiophene rings is 1. The molecule has 342 valence electrons. The predicted octanol–water partition coefficient (Wildman–Crippen LogP) is 20.2. The van der Waals surface area contributed by atoms with Gasteiger partial charge in [-0.15, -0.1) is 11.3 Å². The molecule has 0 aliphatic heterocycles. The summed E-state index contributed by atoms with van der Waals surface area (Å²) in [6.07, 6.45) is 0.